The van der Waals surface area contributed by atoms with Crippen molar-refractivity contribution in [3.05, 3.63) is 47.5 Å². The number of nitrogens with one attached hydrogen (secondary N) is 2. The molecule has 0 unspecified atom stereocenters. The van der Waals surface area contributed by atoms with Crippen LogP contribution in [-0.2, 0) is 32.3 Å². The fourth-order valence-electron chi connectivity index (χ4n) is 9.00. The van der Waals surface area contributed by atoms with E-state index in [1.165, 1.54) is 15.6 Å². The number of amides is 5. The molecule has 63 heavy (non-hydrogen) atoms. The van der Waals surface area contributed by atoms with E-state index in [4.69, 9.17) is 17.0 Å². The van der Waals surface area contributed by atoms with Crippen LogP contribution < -0.4 is 20.4 Å². The number of aromatic nitrogens is 2. The highest BCUT2D eigenvalue weighted by atomic mass is 32.1. The lowest BCUT2D eigenvalue weighted by atomic mass is 9.89. The van der Waals surface area contributed by atoms with Crippen molar-refractivity contribution in [2.24, 2.45) is 7.05 Å². The molecular weight excluding hydrogens is 859 g/mol. The zero-order valence-electron chi connectivity index (χ0n) is 34.7. The Morgan fingerprint density at radius 3 is 2.44 bits per heavy atom. The first kappa shape index (κ1) is 45.6. The lowest BCUT2D eigenvalue weighted by Gasteiger charge is -2.42. The number of hydrogen-bond donors (Lipinski definition) is 2. The summed E-state index contributed by atoms with van der Waals surface area (Å²) in [5.74, 6) is -1.27. The number of ether oxygens (including phenoxy) is 1. The zero-order valence-corrected chi connectivity index (χ0v) is 35.5. The molecule has 338 valence electrons. The molecule has 3 saturated heterocycles. The predicted molar refractivity (Wildman–Crippen MR) is 221 cm³/mol. The monoisotopic (exact) mass is 904 g/mol. The van der Waals surface area contributed by atoms with Crippen LogP contribution in [0.4, 0.5) is 48.3 Å². The van der Waals surface area contributed by atoms with E-state index in [0.29, 0.717) is 68.4 Å². The van der Waals surface area contributed by atoms with Crippen molar-refractivity contribution < 1.29 is 50.3 Å². The molecule has 0 bridgehead atoms. The molecule has 2 N–H and O–H groups in total. The molecule has 0 radical (unpaired) electrons. The number of nitriles is 1. The summed E-state index contributed by atoms with van der Waals surface area (Å²) < 4.78 is 92.1. The quantitative estimate of drug-likeness (QED) is 0.142. The van der Waals surface area contributed by atoms with Crippen LogP contribution >= 0.6 is 12.2 Å². The van der Waals surface area contributed by atoms with Gasteiger partial charge in [0.1, 0.15) is 11.6 Å². The fraction of sp³-hybridized carbons (Fsp3) is 0.537. The number of thiocarbonyl (C=S) groups is 1. The maximum Gasteiger partial charge on any atom is 0.417 e. The molecule has 4 heterocycles. The Kier molecular flexibility index (Phi) is 12.8. The third-order valence-electron chi connectivity index (χ3n) is 12.1. The Morgan fingerprint density at radius 1 is 1.05 bits per heavy atom. The van der Waals surface area contributed by atoms with Crippen LogP contribution in [0.5, 0.6) is 0 Å². The van der Waals surface area contributed by atoms with Crippen LogP contribution in [0.1, 0.15) is 63.5 Å². The van der Waals surface area contributed by atoms with Crippen molar-refractivity contribution in [2.75, 3.05) is 61.0 Å². The van der Waals surface area contributed by atoms with Crippen molar-refractivity contribution in [3.8, 4) is 6.07 Å². The van der Waals surface area contributed by atoms with E-state index in [-0.39, 0.29) is 54.8 Å². The fourth-order valence-corrected chi connectivity index (χ4v) is 9.57. The van der Waals surface area contributed by atoms with Crippen molar-refractivity contribution >= 4 is 69.2 Å². The first-order valence-corrected chi connectivity index (χ1v) is 20.9. The average molecular weight is 905 g/mol. The smallest absolute Gasteiger partial charge is 0.378 e. The summed E-state index contributed by atoms with van der Waals surface area (Å²) in [6, 6.07) is 6.82. The number of anilines is 3. The highest BCUT2D eigenvalue weighted by Crippen LogP contribution is 2.41. The summed E-state index contributed by atoms with van der Waals surface area (Å²) in [5, 5.41) is 19.2. The van der Waals surface area contributed by atoms with Gasteiger partial charge in [-0.25, -0.2) is 4.79 Å². The number of carbonyl (C=O) groups is 4. The second kappa shape index (κ2) is 17.7. The molecule has 3 aromatic rings. The van der Waals surface area contributed by atoms with Crippen molar-refractivity contribution in [1.29, 1.82) is 5.26 Å². The highest BCUT2D eigenvalue weighted by Gasteiger charge is 2.53. The number of urea groups is 1. The van der Waals surface area contributed by atoms with Crippen molar-refractivity contribution in [3.63, 3.8) is 0 Å². The lowest BCUT2D eigenvalue weighted by Crippen LogP contribution is -2.60. The number of aryl methyl sites for hydroxylation is 1. The van der Waals surface area contributed by atoms with Crippen LogP contribution in [0.25, 0.3) is 10.9 Å². The van der Waals surface area contributed by atoms with Gasteiger partial charge < -0.3 is 19.9 Å². The van der Waals surface area contributed by atoms with E-state index < -0.39 is 65.4 Å². The number of imide groups is 1. The van der Waals surface area contributed by atoms with Gasteiger partial charge in [-0.05, 0) is 88.5 Å². The molecule has 3 aliphatic heterocycles. The van der Waals surface area contributed by atoms with Gasteiger partial charge >= 0.3 is 18.4 Å². The highest BCUT2D eigenvalue weighted by molar-refractivity contribution is 7.80. The summed E-state index contributed by atoms with van der Waals surface area (Å²) in [6.45, 7) is 3.55. The van der Waals surface area contributed by atoms with E-state index in [1.807, 2.05) is 0 Å². The van der Waals surface area contributed by atoms with Gasteiger partial charge in [0, 0.05) is 64.2 Å². The molecule has 5 amide bonds. The average Bonchev–Trinajstić information content (AvgIpc) is 3.64. The minimum atomic E-state index is -4.81. The topological polar surface area (TPSA) is 159 Å². The Labute approximate surface area is 363 Å². The van der Waals surface area contributed by atoms with Gasteiger partial charge in [0.05, 0.1) is 46.7 Å². The van der Waals surface area contributed by atoms with Gasteiger partial charge in [0.25, 0.3) is 5.91 Å². The number of para-hydroxylation sites is 1. The summed E-state index contributed by atoms with van der Waals surface area (Å²) >= 11 is 5.69. The minimum Gasteiger partial charge on any atom is -0.378 e. The van der Waals surface area contributed by atoms with Gasteiger partial charge in [-0.1, -0.05) is 6.07 Å². The third-order valence-corrected chi connectivity index (χ3v) is 12.5. The Morgan fingerprint density at radius 2 is 1.78 bits per heavy atom. The normalized spacial score (nSPS) is 22.8. The maximum absolute atomic E-state index is 14.4. The van der Waals surface area contributed by atoms with E-state index in [0.717, 1.165) is 21.9 Å². The Bertz CT molecular complexity index is 2340. The second-order valence-electron chi connectivity index (χ2n) is 16.6. The van der Waals surface area contributed by atoms with Crippen LogP contribution in [0.3, 0.4) is 0 Å². The maximum atomic E-state index is 14.4. The first-order chi connectivity index (χ1) is 29.7. The van der Waals surface area contributed by atoms with E-state index in [1.54, 1.807) is 55.0 Å². The van der Waals surface area contributed by atoms with Gasteiger partial charge in [0.15, 0.2) is 10.9 Å². The van der Waals surface area contributed by atoms with Crippen LogP contribution in [0.15, 0.2) is 36.4 Å². The largest absolute Gasteiger partial charge is 0.417 e. The standard InChI is InChI=1S/C41H46F6N10O5S/c1-39(2)36(60)56(26-9-8-24(21-48)29(20-26)40(42,43)44)38(63)57(39)25-10-12-27(13-11-25)62-19-5-15-53-17-18-54(31(22-53)41(45,46)47)23-33(59)49-30-7-4-6-28-34(30)52(3)51-35(28)55-16-14-32(58)50-37(55)61/h4,6-9,20,25,27,31H,5,10-19,22-23H2,1-3H3,(H,49,59)(H,50,58,61)/t25?,27?,31-/m1/s1. The van der Waals surface area contributed by atoms with Gasteiger partial charge in [0.2, 0.25) is 11.8 Å². The summed E-state index contributed by atoms with van der Waals surface area (Å²) in [7, 11) is 1.61. The van der Waals surface area contributed by atoms with Gasteiger partial charge in [-0.15, -0.1) is 0 Å². The molecule has 1 saturated carbocycles. The molecule has 7 rings (SSSR count). The lowest BCUT2D eigenvalue weighted by molar-refractivity contribution is -0.197. The number of nitrogens with zero attached hydrogens (tertiary/aromatic N) is 8. The van der Waals surface area contributed by atoms with Crippen LogP contribution in [0.2, 0.25) is 0 Å². The zero-order chi connectivity index (χ0) is 45.6. The molecular formula is C41H46F6N10O5S. The number of fused-ring (bicyclic) bond motifs is 1. The van der Waals surface area contributed by atoms with E-state index in [9.17, 15) is 50.8 Å². The van der Waals surface area contributed by atoms with Crippen molar-refractivity contribution in [1.82, 2.24) is 29.8 Å². The van der Waals surface area contributed by atoms with E-state index >= 15 is 0 Å². The summed E-state index contributed by atoms with van der Waals surface area (Å²) in [5.41, 5.74) is -2.19. The van der Waals surface area contributed by atoms with Gasteiger partial charge in [-0.2, -0.15) is 36.7 Å². The molecule has 1 aromatic heterocycles. The number of piperazine rings is 1. The number of carbonyl (C=O) groups excluding carboxylic acids is 4. The Balaban J connectivity index is 0.886. The van der Waals surface area contributed by atoms with Crippen LogP contribution in [0, 0.1) is 11.3 Å². The molecule has 15 nitrogen and oxygen atoms in total. The second-order valence-corrected chi connectivity index (χ2v) is 17.0. The molecule has 0 spiro atoms. The van der Waals surface area contributed by atoms with Gasteiger partial charge in [-0.3, -0.25) is 39.1 Å². The predicted octanol–water partition coefficient (Wildman–Crippen LogP) is 5.53. The molecule has 22 heteroatoms. The van der Waals surface area contributed by atoms with Crippen LogP contribution in [-0.4, -0.2) is 129 Å². The Hall–Kier alpha value is -5.37. The number of hydrogen-bond acceptors (Lipinski definition) is 10. The van der Waals surface area contributed by atoms with Crippen molar-refractivity contribution in [2.45, 2.75) is 88.5 Å². The molecule has 1 aliphatic carbocycles. The SMILES string of the molecule is Cn1nc(N2CCC(=O)NC2=O)c2cccc(NC(=O)CN3CCN(CCCOC4CCC(N5C(=S)N(c6ccc(C#N)c(C(F)(F)F)c6)C(=O)C5(C)C)CC4)C[C@@H]3C(F)(F)F)c21. The molecule has 4 fully saturated rings. The number of alkyl halides is 6. The number of benzene rings is 2. The molecule has 4 aliphatic rings. The minimum absolute atomic E-state index is 0.00533. The summed E-state index contributed by atoms with van der Waals surface area (Å²) in [4.78, 5) is 58.1. The molecule has 2 aromatic carbocycles. The molecule has 1 atom stereocenters. The number of rotatable bonds is 11. The third kappa shape index (κ3) is 9.32. The van der Waals surface area contributed by atoms with E-state index in [2.05, 4.69) is 15.7 Å². The summed E-state index contributed by atoms with van der Waals surface area (Å²) in [6.07, 6.45) is -6.64. The number of halogens is 6. The first-order valence-electron chi connectivity index (χ1n) is 20.5.